The molecular formula is C22H17ClF4N2O4. The lowest BCUT2D eigenvalue weighted by Gasteiger charge is -2.15. The van der Waals surface area contributed by atoms with Crippen molar-refractivity contribution < 1.29 is 32.0 Å². The number of nitro groups is 1. The van der Waals surface area contributed by atoms with Crippen molar-refractivity contribution in [3.8, 4) is 17.2 Å². The van der Waals surface area contributed by atoms with Crippen molar-refractivity contribution >= 4 is 23.0 Å². The number of rotatable bonds is 8. The van der Waals surface area contributed by atoms with E-state index in [1.165, 1.54) is 24.3 Å². The maximum atomic E-state index is 13.3. The molecule has 3 rings (SSSR count). The van der Waals surface area contributed by atoms with E-state index in [2.05, 4.69) is 5.32 Å². The maximum Gasteiger partial charge on any atom is 0.416 e. The number of halogens is 5. The van der Waals surface area contributed by atoms with Gasteiger partial charge < -0.3 is 14.8 Å². The summed E-state index contributed by atoms with van der Waals surface area (Å²) in [5.41, 5.74) is -0.673. The number of nitrogens with one attached hydrogen (secondary N) is 1. The van der Waals surface area contributed by atoms with Gasteiger partial charge >= 0.3 is 11.9 Å². The van der Waals surface area contributed by atoms with Crippen LogP contribution in [0.3, 0.4) is 0 Å². The van der Waals surface area contributed by atoms with Crippen LogP contribution in [0, 0.1) is 15.9 Å². The first-order valence-electron chi connectivity index (χ1n) is 9.56. The van der Waals surface area contributed by atoms with Gasteiger partial charge in [-0.2, -0.15) is 13.2 Å². The number of benzene rings is 3. The molecule has 33 heavy (non-hydrogen) atoms. The quantitative estimate of drug-likeness (QED) is 0.208. The zero-order chi connectivity index (χ0) is 24.2. The smallest absolute Gasteiger partial charge is 0.416 e. The van der Waals surface area contributed by atoms with Crippen LogP contribution in [-0.4, -0.2) is 11.5 Å². The summed E-state index contributed by atoms with van der Waals surface area (Å²) in [5, 5.41) is 14.3. The zero-order valence-electron chi connectivity index (χ0n) is 17.1. The molecule has 6 nitrogen and oxygen atoms in total. The van der Waals surface area contributed by atoms with E-state index in [0.29, 0.717) is 24.4 Å². The van der Waals surface area contributed by atoms with Gasteiger partial charge in [0.05, 0.1) is 22.1 Å². The molecule has 174 valence electrons. The molecule has 0 bridgehead atoms. The van der Waals surface area contributed by atoms with Crippen molar-refractivity contribution in [2.75, 3.05) is 11.9 Å². The molecular weight excluding hydrogens is 468 g/mol. The SMILES string of the molecule is CCOc1cc(CNc2ccc(F)c(Cl)c2)ccc1Oc1ccc(C(F)(F)F)cc1[N+](=O)[O-]. The summed E-state index contributed by atoms with van der Waals surface area (Å²) in [5.74, 6) is -0.572. The summed E-state index contributed by atoms with van der Waals surface area (Å²) in [6.07, 6.45) is -4.73. The summed E-state index contributed by atoms with van der Waals surface area (Å²) in [6.45, 7) is 2.27. The van der Waals surface area contributed by atoms with Crippen LogP contribution in [-0.2, 0) is 12.7 Å². The highest BCUT2D eigenvalue weighted by Gasteiger charge is 2.33. The van der Waals surface area contributed by atoms with Crippen LogP contribution in [0.2, 0.25) is 5.02 Å². The Morgan fingerprint density at radius 3 is 2.39 bits per heavy atom. The molecule has 0 heterocycles. The van der Waals surface area contributed by atoms with Crippen LogP contribution >= 0.6 is 11.6 Å². The van der Waals surface area contributed by atoms with Crippen molar-refractivity contribution in [2.45, 2.75) is 19.6 Å². The molecule has 0 saturated carbocycles. The molecule has 0 aliphatic carbocycles. The van der Waals surface area contributed by atoms with Gasteiger partial charge in [-0.15, -0.1) is 0 Å². The lowest BCUT2D eigenvalue weighted by molar-refractivity contribution is -0.385. The Morgan fingerprint density at radius 1 is 1.03 bits per heavy atom. The zero-order valence-corrected chi connectivity index (χ0v) is 17.8. The van der Waals surface area contributed by atoms with Crippen LogP contribution in [0.15, 0.2) is 54.6 Å². The highest BCUT2D eigenvalue weighted by Crippen LogP contribution is 2.40. The van der Waals surface area contributed by atoms with E-state index in [0.717, 1.165) is 11.6 Å². The van der Waals surface area contributed by atoms with Crippen molar-refractivity contribution in [3.05, 3.63) is 86.7 Å². The van der Waals surface area contributed by atoms with Crippen LogP contribution in [0.4, 0.5) is 28.9 Å². The Morgan fingerprint density at radius 2 is 1.76 bits per heavy atom. The van der Waals surface area contributed by atoms with Gasteiger partial charge in [0, 0.05) is 18.3 Å². The minimum absolute atomic E-state index is 0.0307. The van der Waals surface area contributed by atoms with Gasteiger partial charge in [0.2, 0.25) is 5.75 Å². The number of alkyl halides is 3. The number of anilines is 1. The Hall–Kier alpha value is -3.53. The molecule has 0 aliphatic rings. The second-order valence-corrected chi connectivity index (χ2v) is 7.14. The molecule has 3 aromatic rings. The third-order valence-electron chi connectivity index (χ3n) is 4.43. The van der Waals surface area contributed by atoms with Gasteiger partial charge in [0.1, 0.15) is 5.82 Å². The van der Waals surface area contributed by atoms with Crippen molar-refractivity contribution in [1.29, 1.82) is 0 Å². The molecule has 0 fully saturated rings. The molecule has 3 aromatic carbocycles. The summed E-state index contributed by atoms with van der Waals surface area (Å²) >= 11 is 5.77. The van der Waals surface area contributed by atoms with Gasteiger partial charge in [-0.25, -0.2) is 4.39 Å². The van der Waals surface area contributed by atoms with Crippen molar-refractivity contribution in [1.82, 2.24) is 0 Å². The predicted molar refractivity (Wildman–Crippen MR) is 115 cm³/mol. The highest BCUT2D eigenvalue weighted by atomic mass is 35.5. The lowest BCUT2D eigenvalue weighted by atomic mass is 10.1. The predicted octanol–water partition coefficient (Wildman–Crippen LogP) is 7.21. The molecule has 0 amide bonds. The van der Waals surface area contributed by atoms with Crippen molar-refractivity contribution in [2.24, 2.45) is 0 Å². The first kappa shape index (κ1) is 24.1. The number of hydrogen-bond acceptors (Lipinski definition) is 5. The summed E-state index contributed by atoms with van der Waals surface area (Å²) in [6, 6.07) is 10.9. The van der Waals surface area contributed by atoms with Crippen LogP contribution in [0.5, 0.6) is 17.2 Å². The fraction of sp³-hybridized carbons (Fsp3) is 0.182. The first-order valence-corrected chi connectivity index (χ1v) is 9.94. The van der Waals surface area contributed by atoms with Gasteiger partial charge in [-0.3, -0.25) is 10.1 Å². The van der Waals surface area contributed by atoms with Crippen molar-refractivity contribution in [3.63, 3.8) is 0 Å². The summed E-state index contributed by atoms with van der Waals surface area (Å²) in [4.78, 5) is 10.4. The van der Waals surface area contributed by atoms with Crippen LogP contribution in [0.1, 0.15) is 18.1 Å². The first-order chi connectivity index (χ1) is 15.6. The summed E-state index contributed by atoms with van der Waals surface area (Å²) in [7, 11) is 0. The fourth-order valence-corrected chi connectivity index (χ4v) is 3.05. The Bertz CT molecular complexity index is 1170. The second-order valence-electron chi connectivity index (χ2n) is 6.74. The van der Waals surface area contributed by atoms with E-state index in [4.69, 9.17) is 21.1 Å². The van der Waals surface area contributed by atoms with Gasteiger partial charge in [-0.1, -0.05) is 17.7 Å². The van der Waals surface area contributed by atoms with Gasteiger partial charge in [-0.05, 0) is 55.0 Å². The number of nitro benzene ring substituents is 1. The van der Waals surface area contributed by atoms with Crippen LogP contribution < -0.4 is 14.8 Å². The number of ether oxygens (including phenoxy) is 2. The number of hydrogen-bond donors (Lipinski definition) is 1. The van der Waals surface area contributed by atoms with E-state index in [1.54, 1.807) is 19.1 Å². The third-order valence-corrected chi connectivity index (χ3v) is 4.72. The highest BCUT2D eigenvalue weighted by molar-refractivity contribution is 6.31. The molecule has 0 saturated heterocycles. The standard InChI is InChI=1S/C22H17ClF4N2O4/c1-2-32-21-9-13(12-28-15-5-6-17(24)16(23)11-15)3-7-20(21)33-19-8-4-14(22(25,26)27)10-18(19)29(30)31/h3-11,28H,2,12H2,1H3. The molecule has 0 spiro atoms. The Balaban J connectivity index is 1.85. The Labute approximate surface area is 190 Å². The molecule has 0 aromatic heterocycles. The second kappa shape index (κ2) is 9.95. The molecule has 0 radical (unpaired) electrons. The van der Waals surface area contributed by atoms with E-state index in [9.17, 15) is 27.7 Å². The molecule has 0 atom stereocenters. The van der Waals surface area contributed by atoms with E-state index in [-0.39, 0.29) is 28.9 Å². The van der Waals surface area contributed by atoms with Gasteiger partial charge in [0.15, 0.2) is 11.5 Å². The van der Waals surface area contributed by atoms with E-state index in [1.807, 2.05) is 0 Å². The average Bonchev–Trinajstić information content (AvgIpc) is 2.75. The molecule has 11 heteroatoms. The average molecular weight is 485 g/mol. The minimum atomic E-state index is -4.73. The number of nitrogens with zero attached hydrogens (tertiary/aromatic N) is 1. The van der Waals surface area contributed by atoms with Crippen LogP contribution in [0.25, 0.3) is 0 Å². The van der Waals surface area contributed by atoms with E-state index < -0.39 is 28.2 Å². The molecule has 0 aliphatic heterocycles. The largest absolute Gasteiger partial charge is 0.490 e. The molecule has 0 unspecified atom stereocenters. The third kappa shape index (κ3) is 6.04. The maximum absolute atomic E-state index is 13.3. The topological polar surface area (TPSA) is 73.6 Å². The fourth-order valence-electron chi connectivity index (χ4n) is 2.87. The van der Waals surface area contributed by atoms with E-state index >= 15 is 0 Å². The summed E-state index contributed by atoms with van der Waals surface area (Å²) < 4.78 is 63.2. The normalized spacial score (nSPS) is 11.2. The Kier molecular flexibility index (Phi) is 7.27. The van der Waals surface area contributed by atoms with Gasteiger partial charge in [0.25, 0.3) is 0 Å². The lowest BCUT2D eigenvalue weighted by Crippen LogP contribution is -2.06. The minimum Gasteiger partial charge on any atom is -0.490 e. The monoisotopic (exact) mass is 484 g/mol. The molecule has 1 N–H and O–H groups in total.